The predicted octanol–water partition coefficient (Wildman–Crippen LogP) is 3.61. The lowest BCUT2D eigenvalue weighted by Crippen LogP contribution is -2.39. The van der Waals surface area contributed by atoms with Crippen LogP contribution in [0, 0.1) is 0 Å². The van der Waals surface area contributed by atoms with Gasteiger partial charge in [0.1, 0.15) is 18.1 Å². The van der Waals surface area contributed by atoms with Crippen molar-refractivity contribution < 1.29 is 13.9 Å². The number of nitrogens with two attached hydrogens (primary N) is 1. The van der Waals surface area contributed by atoms with Gasteiger partial charge >= 0.3 is 0 Å². The van der Waals surface area contributed by atoms with Gasteiger partial charge in [0, 0.05) is 23.6 Å². The van der Waals surface area contributed by atoms with Gasteiger partial charge in [-0.15, -0.1) is 12.4 Å². The van der Waals surface area contributed by atoms with E-state index in [9.17, 15) is 4.79 Å². The lowest BCUT2D eigenvalue weighted by atomic mass is 10.2. The normalized spacial score (nSPS) is 16.8. The maximum absolute atomic E-state index is 12.5. The van der Waals surface area contributed by atoms with Crippen molar-refractivity contribution in [2.75, 3.05) is 13.1 Å². The first kappa shape index (κ1) is 18.8. The second kappa shape index (κ2) is 8.55. The van der Waals surface area contributed by atoms with E-state index in [4.69, 9.17) is 14.9 Å². The van der Waals surface area contributed by atoms with Gasteiger partial charge in [0.25, 0.3) is 5.91 Å². The number of amides is 1. The van der Waals surface area contributed by atoms with Crippen LogP contribution in [0.3, 0.4) is 0 Å². The lowest BCUT2D eigenvalue weighted by Gasteiger charge is -2.22. The molecule has 1 aromatic carbocycles. The fourth-order valence-electron chi connectivity index (χ4n) is 2.77. The molecule has 1 fully saturated rings. The molecule has 0 aliphatic carbocycles. The molecule has 1 amide bonds. The monoisotopic (exact) mass is 414 g/mol. The molecule has 130 valence electrons. The largest absolute Gasteiger partial charge is 0.486 e. The molecule has 1 atom stereocenters. The summed E-state index contributed by atoms with van der Waals surface area (Å²) in [4.78, 5) is 14.3. The highest BCUT2D eigenvalue weighted by Gasteiger charge is 2.29. The van der Waals surface area contributed by atoms with Crippen LogP contribution >= 0.6 is 28.3 Å². The highest BCUT2D eigenvalue weighted by atomic mass is 79.9. The molecule has 0 radical (unpaired) electrons. The van der Waals surface area contributed by atoms with Crippen LogP contribution in [-0.4, -0.2) is 29.9 Å². The number of halogens is 2. The molecule has 0 saturated carbocycles. The second-order valence-electron chi connectivity index (χ2n) is 5.54. The number of nitrogens with zero attached hydrogens (tertiary/aromatic N) is 1. The molecule has 3 rings (SSSR count). The Morgan fingerprint density at radius 2 is 2.21 bits per heavy atom. The predicted molar refractivity (Wildman–Crippen MR) is 97.5 cm³/mol. The minimum absolute atomic E-state index is 0. The maximum atomic E-state index is 12.5. The zero-order chi connectivity index (χ0) is 16.2. The van der Waals surface area contributed by atoms with Crippen LogP contribution in [0.5, 0.6) is 5.75 Å². The zero-order valence-electron chi connectivity index (χ0n) is 13.1. The molecule has 2 N–H and O–H groups in total. The fraction of sp³-hybridized carbons (Fsp3) is 0.353. The van der Waals surface area contributed by atoms with Crippen LogP contribution in [-0.2, 0) is 6.61 Å². The summed E-state index contributed by atoms with van der Waals surface area (Å²) in [6.45, 7) is 1.51. The van der Waals surface area contributed by atoms with Gasteiger partial charge in [0.2, 0.25) is 0 Å². The van der Waals surface area contributed by atoms with Crippen LogP contribution in [0.1, 0.15) is 29.2 Å². The summed E-state index contributed by atoms with van der Waals surface area (Å²) >= 11 is 3.40. The third kappa shape index (κ3) is 4.32. The van der Waals surface area contributed by atoms with Crippen molar-refractivity contribution in [1.82, 2.24) is 4.90 Å². The molecular weight excluding hydrogens is 396 g/mol. The van der Waals surface area contributed by atoms with Crippen molar-refractivity contribution in [3.8, 4) is 5.75 Å². The minimum atomic E-state index is -0.0911. The Hall–Kier alpha value is -1.50. The van der Waals surface area contributed by atoms with E-state index in [0.717, 1.165) is 29.6 Å². The van der Waals surface area contributed by atoms with Gasteiger partial charge in [-0.1, -0.05) is 22.0 Å². The number of furan rings is 1. The van der Waals surface area contributed by atoms with Crippen LogP contribution in [0.2, 0.25) is 0 Å². The first-order chi connectivity index (χ1) is 11.2. The van der Waals surface area contributed by atoms with Crippen molar-refractivity contribution in [2.24, 2.45) is 5.73 Å². The highest BCUT2D eigenvalue weighted by Crippen LogP contribution is 2.22. The summed E-state index contributed by atoms with van der Waals surface area (Å²) in [7, 11) is 0. The molecule has 0 bridgehead atoms. The average molecular weight is 416 g/mol. The first-order valence-corrected chi connectivity index (χ1v) is 8.45. The molecule has 7 heteroatoms. The Balaban J connectivity index is 0.00000208. The highest BCUT2D eigenvalue weighted by molar-refractivity contribution is 9.10. The molecule has 5 nitrogen and oxygen atoms in total. The summed E-state index contributed by atoms with van der Waals surface area (Å²) in [5.74, 6) is 1.62. The van der Waals surface area contributed by atoms with Crippen LogP contribution < -0.4 is 10.5 Å². The van der Waals surface area contributed by atoms with E-state index in [1.165, 1.54) is 0 Å². The maximum Gasteiger partial charge on any atom is 0.289 e. The molecule has 1 saturated heterocycles. The van der Waals surface area contributed by atoms with Crippen LogP contribution in [0.15, 0.2) is 45.3 Å². The van der Waals surface area contributed by atoms with Gasteiger partial charge in [-0.05, 0) is 43.2 Å². The van der Waals surface area contributed by atoms with Crippen molar-refractivity contribution >= 4 is 34.2 Å². The molecular formula is C17H20BrClN2O3. The van der Waals surface area contributed by atoms with E-state index in [0.29, 0.717) is 18.1 Å². The van der Waals surface area contributed by atoms with Crippen LogP contribution in [0.25, 0.3) is 0 Å². The summed E-state index contributed by atoms with van der Waals surface area (Å²) < 4.78 is 12.3. The van der Waals surface area contributed by atoms with Gasteiger partial charge < -0.3 is 19.8 Å². The molecule has 1 aromatic heterocycles. The molecule has 2 heterocycles. The average Bonchev–Trinajstić information content (AvgIpc) is 3.21. The van der Waals surface area contributed by atoms with Crippen molar-refractivity contribution in [1.29, 1.82) is 0 Å². The van der Waals surface area contributed by atoms with Crippen molar-refractivity contribution in [3.63, 3.8) is 0 Å². The van der Waals surface area contributed by atoms with Gasteiger partial charge in [-0.25, -0.2) is 0 Å². The molecule has 1 aliphatic rings. The SMILES string of the molecule is Cl.NCC1CCCN1C(=O)c1ccc(COc2cccc(Br)c2)o1. The van der Waals surface area contributed by atoms with E-state index in [-0.39, 0.29) is 31.0 Å². The Labute approximate surface area is 155 Å². The second-order valence-corrected chi connectivity index (χ2v) is 6.46. The zero-order valence-corrected chi connectivity index (χ0v) is 15.5. The molecule has 24 heavy (non-hydrogen) atoms. The molecule has 1 aliphatic heterocycles. The Morgan fingerprint density at radius 1 is 1.38 bits per heavy atom. The Bertz CT molecular complexity index is 692. The standard InChI is InChI=1S/C17H19BrN2O3.ClH/c18-12-3-1-5-14(9-12)22-11-15-6-7-16(23-15)17(21)20-8-2-4-13(20)10-19;/h1,3,5-7,9,13H,2,4,8,10-11,19H2;1H. The van der Waals surface area contributed by atoms with E-state index >= 15 is 0 Å². The number of likely N-dealkylation sites (tertiary alicyclic amines) is 1. The minimum Gasteiger partial charge on any atom is -0.486 e. The van der Waals surface area contributed by atoms with Crippen LogP contribution in [0.4, 0.5) is 0 Å². The third-order valence-corrected chi connectivity index (χ3v) is 4.45. The van der Waals surface area contributed by atoms with Crippen molar-refractivity contribution in [3.05, 3.63) is 52.4 Å². The number of hydrogen-bond acceptors (Lipinski definition) is 4. The number of carbonyl (C=O) groups excluding carboxylic acids is 1. The van der Waals surface area contributed by atoms with Gasteiger partial charge in [-0.2, -0.15) is 0 Å². The van der Waals surface area contributed by atoms with Gasteiger partial charge in [0.15, 0.2) is 5.76 Å². The number of carbonyl (C=O) groups is 1. The first-order valence-electron chi connectivity index (χ1n) is 7.65. The number of benzene rings is 1. The topological polar surface area (TPSA) is 68.7 Å². The Morgan fingerprint density at radius 3 is 2.96 bits per heavy atom. The number of rotatable bonds is 5. The third-order valence-electron chi connectivity index (χ3n) is 3.96. The summed E-state index contributed by atoms with van der Waals surface area (Å²) in [5.41, 5.74) is 5.72. The summed E-state index contributed by atoms with van der Waals surface area (Å²) in [6, 6.07) is 11.2. The number of hydrogen-bond donors (Lipinski definition) is 1. The van der Waals surface area contributed by atoms with Gasteiger partial charge in [-0.3, -0.25) is 4.79 Å². The van der Waals surface area contributed by atoms with E-state index in [1.807, 2.05) is 24.3 Å². The summed E-state index contributed by atoms with van der Waals surface area (Å²) in [6.07, 6.45) is 1.95. The lowest BCUT2D eigenvalue weighted by molar-refractivity contribution is 0.0705. The number of ether oxygens (including phenoxy) is 1. The van der Waals surface area contributed by atoms with Gasteiger partial charge in [0.05, 0.1) is 0 Å². The smallest absolute Gasteiger partial charge is 0.289 e. The van der Waals surface area contributed by atoms with E-state index in [2.05, 4.69) is 15.9 Å². The fourth-order valence-corrected chi connectivity index (χ4v) is 3.15. The van der Waals surface area contributed by atoms with E-state index in [1.54, 1.807) is 17.0 Å². The molecule has 1 unspecified atom stereocenters. The van der Waals surface area contributed by atoms with E-state index < -0.39 is 0 Å². The Kier molecular flexibility index (Phi) is 6.71. The molecule has 0 spiro atoms. The summed E-state index contributed by atoms with van der Waals surface area (Å²) in [5, 5.41) is 0. The quantitative estimate of drug-likeness (QED) is 0.810. The molecule has 2 aromatic rings. The van der Waals surface area contributed by atoms with Crippen molar-refractivity contribution in [2.45, 2.75) is 25.5 Å².